The normalized spacial score (nSPS) is 18.7. The van der Waals surface area contributed by atoms with Gasteiger partial charge in [-0.1, -0.05) is 30.7 Å². The summed E-state index contributed by atoms with van der Waals surface area (Å²) in [6.45, 7) is 8.83. The molecule has 1 amide bonds. The van der Waals surface area contributed by atoms with Crippen LogP contribution in [0.25, 0.3) is 0 Å². The molecule has 0 fully saturated rings. The van der Waals surface area contributed by atoms with Gasteiger partial charge in [-0.3, -0.25) is 4.79 Å². The SMILES string of the molecule is Cc1ccc(C(=O)N/N=C\c2ccc3c(c2)[C@H](C)CC(C)(C)N3C)cc1. The number of nitrogens with zero attached hydrogens (tertiary/aromatic N) is 2. The zero-order chi connectivity index (χ0) is 18.9. The molecule has 26 heavy (non-hydrogen) atoms. The predicted molar refractivity (Wildman–Crippen MR) is 108 cm³/mol. The molecule has 0 radical (unpaired) electrons. The van der Waals surface area contributed by atoms with E-state index < -0.39 is 0 Å². The highest BCUT2D eigenvalue weighted by atomic mass is 16.2. The molecule has 0 saturated heterocycles. The molecule has 1 aliphatic heterocycles. The van der Waals surface area contributed by atoms with Gasteiger partial charge in [0.25, 0.3) is 5.91 Å². The van der Waals surface area contributed by atoms with Crippen molar-refractivity contribution in [2.75, 3.05) is 11.9 Å². The Bertz CT molecular complexity index is 837. The summed E-state index contributed by atoms with van der Waals surface area (Å²) in [6, 6.07) is 13.8. The van der Waals surface area contributed by atoms with Crippen molar-refractivity contribution in [1.82, 2.24) is 5.43 Å². The topological polar surface area (TPSA) is 44.7 Å². The van der Waals surface area contributed by atoms with E-state index in [1.807, 2.05) is 25.1 Å². The molecule has 0 spiro atoms. The monoisotopic (exact) mass is 349 g/mol. The first-order valence-electron chi connectivity index (χ1n) is 9.06. The van der Waals surface area contributed by atoms with Gasteiger partial charge in [-0.05, 0) is 68.5 Å². The van der Waals surface area contributed by atoms with Crippen molar-refractivity contribution >= 4 is 17.8 Å². The molecule has 1 heterocycles. The number of amides is 1. The zero-order valence-electron chi connectivity index (χ0n) is 16.2. The highest BCUT2D eigenvalue weighted by Crippen LogP contribution is 2.42. The maximum atomic E-state index is 12.1. The number of hydrazone groups is 1. The molecule has 4 heteroatoms. The van der Waals surface area contributed by atoms with Gasteiger partial charge < -0.3 is 4.90 Å². The van der Waals surface area contributed by atoms with E-state index in [0.717, 1.165) is 17.5 Å². The lowest BCUT2D eigenvalue weighted by molar-refractivity contribution is 0.0955. The summed E-state index contributed by atoms with van der Waals surface area (Å²) in [5, 5.41) is 4.12. The third-order valence-corrected chi connectivity index (χ3v) is 5.35. The van der Waals surface area contributed by atoms with E-state index in [9.17, 15) is 4.79 Å². The van der Waals surface area contributed by atoms with Crippen LogP contribution in [0.5, 0.6) is 0 Å². The summed E-state index contributed by atoms with van der Waals surface area (Å²) in [5.74, 6) is 0.292. The molecule has 1 atom stereocenters. The number of hydrogen-bond donors (Lipinski definition) is 1. The molecule has 4 nitrogen and oxygen atoms in total. The smallest absolute Gasteiger partial charge is 0.271 e. The standard InChI is InChI=1S/C22H27N3O/c1-15-6-9-18(10-7-15)21(26)24-23-14-17-8-11-20-19(12-17)16(2)13-22(3,4)25(20)5/h6-12,14,16H,13H2,1-5H3,(H,24,26)/b23-14-/t16-/m1/s1. The van der Waals surface area contributed by atoms with Crippen molar-refractivity contribution in [3.05, 3.63) is 64.7 Å². The quantitative estimate of drug-likeness (QED) is 0.656. The Labute approximate surface area is 155 Å². The van der Waals surface area contributed by atoms with E-state index in [2.05, 4.69) is 55.4 Å². The van der Waals surface area contributed by atoms with Gasteiger partial charge in [0.2, 0.25) is 0 Å². The molecule has 0 aromatic heterocycles. The molecule has 136 valence electrons. The molecule has 1 aliphatic rings. The second-order valence-electron chi connectivity index (χ2n) is 7.86. The lowest BCUT2D eigenvalue weighted by atomic mass is 9.80. The molecule has 0 saturated carbocycles. The Balaban J connectivity index is 1.73. The first-order valence-corrected chi connectivity index (χ1v) is 9.06. The second-order valence-corrected chi connectivity index (χ2v) is 7.86. The molecule has 0 unspecified atom stereocenters. The van der Waals surface area contributed by atoms with Crippen LogP contribution in [0.3, 0.4) is 0 Å². The molecule has 1 N–H and O–H groups in total. The average molecular weight is 349 g/mol. The van der Waals surface area contributed by atoms with Crippen LogP contribution in [0.2, 0.25) is 0 Å². The maximum Gasteiger partial charge on any atom is 0.271 e. The number of nitrogens with one attached hydrogen (secondary N) is 1. The van der Waals surface area contributed by atoms with Gasteiger partial charge >= 0.3 is 0 Å². The summed E-state index contributed by atoms with van der Waals surface area (Å²) in [5.41, 5.74) is 8.09. The third kappa shape index (κ3) is 3.64. The van der Waals surface area contributed by atoms with Crippen LogP contribution in [0.15, 0.2) is 47.6 Å². The maximum absolute atomic E-state index is 12.1. The first-order chi connectivity index (χ1) is 12.3. The number of carbonyl (C=O) groups is 1. The van der Waals surface area contributed by atoms with E-state index >= 15 is 0 Å². The highest BCUT2D eigenvalue weighted by Gasteiger charge is 2.33. The minimum Gasteiger partial charge on any atom is -0.369 e. The molecule has 0 aliphatic carbocycles. The number of carbonyl (C=O) groups excluding carboxylic acids is 1. The van der Waals surface area contributed by atoms with Crippen molar-refractivity contribution in [3.8, 4) is 0 Å². The fraction of sp³-hybridized carbons (Fsp3) is 0.364. The molecular formula is C22H27N3O. The van der Waals surface area contributed by atoms with Gasteiger partial charge in [0.15, 0.2) is 0 Å². The number of benzene rings is 2. The Morgan fingerprint density at radius 2 is 1.92 bits per heavy atom. The van der Waals surface area contributed by atoms with Gasteiger partial charge in [-0.15, -0.1) is 0 Å². The minimum atomic E-state index is -0.200. The molecule has 3 rings (SSSR count). The van der Waals surface area contributed by atoms with Crippen LogP contribution in [-0.2, 0) is 0 Å². The van der Waals surface area contributed by atoms with Crippen LogP contribution in [0.1, 0.15) is 60.2 Å². The number of hydrogen-bond acceptors (Lipinski definition) is 3. The van der Waals surface area contributed by atoms with Gasteiger partial charge in [0.05, 0.1) is 6.21 Å². The van der Waals surface area contributed by atoms with Crippen LogP contribution in [0.4, 0.5) is 5.69 Å². The summed E-state index contributed by atoms with van der Waals surface area (Å²) < 4.78 is 0. The number of rotatable bonds is 3. The summed E-state index contributed by atoms with van der Waals surface area (Å²) in [6.07, 6.45) is 2.82. The van der Waals surface area contributed by atoms with Crippen molar-refractivity contribution in [2.45, 2.75) is 45.6 Å². The Morgan fingerprint density at radius 1 is 1.23 bits per heavy atom. The lowest BCUT2D eigenvalue weighted by Crippen LogP contribution is -2.45. The largest absolute Gasteiger partial charge is 0.369 e. The summed E-state index contributed by atoms with van der Waals surface area (Å²) in [7, 11) is 2.15. The van der Waals surface area contributed by atoms with E-state index in [1.165, 1.54) is 11.3 Å². The number of fused-ring (bicyclic) bond motifs is 1. The van der Waals surface area contributed by atoms with E-state index in [1.54, 1.807) is 18.3 Å². The van der Waals surface area contributed by atoms with E-state index in [4.69, 9.17) is 0 Å². The fourth-order valence-corrected chi connectivity index (χ4v) is 3.61. The lowest BCUT2D eigenvalue weighted by Gasteiger charge is -2.45. The second kappa shape index (κ2) is 6.94. The van der Waals surface area contributed by atoms with Gasteiger partial charge in [0, 0.05) is 23.8 Å². The average Bonchev–Trinajstić information content (AvgIpc) is 2.60. The van der Waals surface area contributed by atoms with Crippen molar-refractivity contribution in [3.63, 3.8) is 0 Å². The van der Waals surface area contributed by atoms with E-state index in [0.29, 0.717) is 11.5 Å². The summed E-state index contributed by atoms with van der Waals surface area (Å²) >= 11 is 0. The summed E-state index contributed by atoms with van der Waals surface area (Å²) in [4.78, 5) is 14.5. The fourth-order valence-electron chi connectivity index (χ4n) is 3.61. The molecular weight excluding hydrogens is 322 g/mol. The molecule has 2 aromatic carbocycles. The zero-order valence-corrected chi connectivity index (χ0v) is 16.2. The van der Waals surface area contributed by atoms with Crippen LogP contribution >= 0.6 is 0 Å². The highest BCUT2D eigenvalue weighted by molar-refractivity contribution is 5.95. The molecule has 2 aromatic rings. The number of anilines is 1. The first kappa shape index (κ1) is 18.2. The van der Waals surface area contributed by atoms with E-state index in [-0.39, 0.29) is 11.4 Å². The Morgan fingerprint density at radius 3 is 2.62 bits per heavy atom. The van der Waals surface area contributed by atoms with Crippen LogP contribution in [-0.4, -0.2) is 24.7 Å². The van der Waals surface area contributed by atoms with Crippen LogP contribution in [0, 0.1) is 6.92 Å². The van der Waals surface area contributed by atoms with Crippen molar-refractivity contribution < 1.29 is 4.79 Å². The van der Waals surface area contributed by atoms with Gasteiger partial charge in [-0.25, -0.2) is 5.43 Å². The third-order valence-electron chi connectivity index (χ3n) is 5.35. The van der Waals surface area contributed by atoms with Gasteiger partial charge in [0.1, 0.15) is 0 Å². The Hall–Kier alpha value is -2.62. The minimum absolute atomic E-state index is 0.157. The number of aryl methyl sites for hydroxylation is 1. The Kier molecular flexibility index (Phi) is 4.86. The van der Waals surface area contributed by atoms with Crippen molar-refractivity contribution in [1.29, 1.82) is 0 Å². The van der Waals surface area contributed by atoms with Crippen LogP contribution < -0.4 is 10.3 Å². The van der Waals surface area contributed by atoms with Crippen molar-refractivity contribution in [2.24, 2.45) is 5.10 Å². The molecule has 0 bridgehead atoms. The van der Waals surface area contributed by atoms with Gasteiger partial charge in [-0.2, -0.15) is 5.10 Å². The predicted octanol–water partition coefficient (Wildman–Crippen LogP) is 4.48.